The minimum Gasteiger partial charge on any atom is -0.491 e. The number of carboxylic acids is 1. The molecule has 1 aromatic rings. The van der Waals surface area contributed by atoms with Gasteiger partial charge in [0.1, 0.15) is 5.75 Å². The van der Waals surface area contributed by atoms with Crippen LogP contribution in [-0.2, 0) is 4.79 Å². The van der Waals surface area contributed by atoms with E-state index in [4.69, 9.17) is 9.84 Å². The summed E-state index contributed by atoms with van der Waals surface area (Å²) in [4.78, 5) is 24.8. The highest BCUT2D eigenvalue weighted by Gasteiger charge is 2.31. The van der Waals surface area contributed by atoms with E-state index >= 15 is 0 Å². The molecule has 2 N–H and O–H groups in total. The summed E-state index contributed by atoms with van der Waals surface area (Å²) in [6, 6.07) is 7.22. The molecule has 1 fully saturated rings. The molecule has 2 atom stereocenters. The van der Waals surface area contributed by atoms with Gasteiger partial charge in [-0.25, -0.2) is 4.79 Å². The van der Waals surface area contributed by atoms with Crippen molar-refractivity contribution in [1.82, 2.24) is 10.2 Å². The molecular formula is C17H24N2O4. The molecule has 0 radical (unpaired) electrons. The second kappa shape index (κ2) is 7.35. The first-order valence-electron chi connectivity index (χ1n) is 7.91. The molecule has 0 aromatic heterocycles. The van der Waals surface area contributed by atoms with Crippen molar-refractivity contribution in [1.29, 1.82) is 0 Å². The Kier molecular flexibility index (Phi) is 5.47. The standard InChI is InChI=1S/C17H24N2O4/c1-11(2)23-15-6-4-5-13(9-15)12(3)18-17(22)19-8-7-14(10-19)16(20)21/h4-6,9,11-12,14H,7-8,10H2,1-3H3,(H,18,22)(H,20,21). The molecule has 23 heavy (non-hydrogen) atoms. The van der Waals surface area contributed by atoms with Crippen LogP contribution in [0.1, 0.15) is 38.8 Å². The van der Waals surface area contributed by atoms with E-state index in [-0.39, 0.29) is 24.7 Å². The number of benzene rings is 1. The van der Waals surface area contributed by atoms with Crippen LogP contribution in [-0.4, -0.2) is 41.2 Å². The quantitative estimate of drug-likeness (QED) is 0.874. The van der Waals surface area contributed by atoms with Gasteiger partial charge >= 0.3 is 12.0 Å². The fourth-order valence-corrected chi connectivity index (χ4v) is 2.64. The number of hydrogen-bond donors (Lipinski definition) is 2. The average molecular weight is 320 g/mol. The highest BCUT2D eigenvalue weighted by molar-refractivity contribution is 5.77. The van der Waals surface area contributed by atoms with Gasteiger partial charge in [-0.1, -0.05) is 12.1 Å². The Hall–Kier alpha value is -2.24. The first-order chi connectivity index (χ1) is 10.9. The van der Waals surface area contributed by atoms with E-state index in [1.54, 1.807) is 4.90 Å². The molecule has 6 nitrogen and oxygen atoms in total. The number of likely N-dealkylation sites (tertiary alicyclic amines) is 1. The first-order valence-corrected chi connectivity index (χ1v) is 7.91. The molecule has 1 aromatic carbocycles. The Morgan fingerprint density at radius 3 is 2.70 bits per heavy atom. The van der Waals surface area contributed by atoms with Gasteiger partial charge in [-0.05, 0) is 44.9 Å². The molecule has 1 heterocycles. The Morgan fingerprint density at radius 2 is 2.09 bits per heavy atom. The van der Waals surface area contributed by atoms with Crippen LogP contribution < -0.4 is 10.1 Å². The van der Waals surface area contributed by atoms with E-state index in [2.05, 4.69) is 5.32 Å². The lowest BCUT2D eigenvalue weighted by molar-refractivity contribution is -0.141. The number of nitrogens with zero attached hydrogens (tertiary/aromatic N) is 1. The smallest absolute Gasteiger partial charge is 0.317 e. The van der Waals surface area contributed by atoms with Crippen molar-refractivity contribution >= 4 is 12.0 Å². The molecule has 2 unspecified atom stereocenters. The van der Waals surface area contributed by atoms with E-state index < -0.39 is 11.9 Å². The van der Waals surface area contributed by atoms with Crippen LogP contribution >= 0.6 is 0 Å². The summed E-state index contributed by atoms with van der Waals surface area (Å²) in [7, 11) is 0. The summed E-state index contributed by atoms with van der Waals surface area (Å²) in [5.74, 6) is -0.531. The van der Waals surface area contributed by atoms with Crippen LogP contribution in [0.4, 0.5) is 4.79 Å². The van der Waals surface area contributed by atoms with E-state index in [0.717, 1.165) is 11.3 Å². The molecule has 0 aliphatic carbocycles. The fourth-order valence-electron chi connectivity index (χ4n) is 2.64. The summed E-state index contributed by atoms with van der Waals surface area (Å²) >= 11 is 0. The third kappa shape index (κ3) is 4.61. The molecule has 1 aliphatic heterocycles. The van der Waals surface area contributed by atoms with Crippen LogP contribution in [0.2, 0.25) is 0 Å². The largest absolute Gasteiger partial charge is 0.491 e. The van der Waals surface area contributed by atoms with Gasteiger partial charge in [0.2, 0.25) is 0 Å². The van der Waals surface area contributed by atoms with Crippen LogP contribution in [0.15, 0.2) is 24.3 Å². The monoisotopic (exact) mass is 320 g/mol. The Balaban J connectivity index is 1.95. The van der Waals surface area contributed by atoms with Gasteiger partial charge < -0.3 is 20.1 Å². The van der Waals surface area contributed by atoms with E-state index in [1.807, 2.05) is 45.0 Å². The summed E-state index contributed by atoms with van der Waals surface area (Å²) in [5.41, 5.74) is 0.950. The number of urea groups is 1. The van der Waals surface area contributed by atoms with Gasteiger partial charge in [-0.2, -0.15) is 0 Å². The average Bonchev–Trinajstić information content (AvgIpc) is 2.97. The molecule has 1 saturated heterocycles. The van der Waals surface area contributed by atoms with Crippen molar-refractivity contribution in [2.75, 3.05) is 13.1 Å². The lowest BCUT2D eigenvalue weighted by Gasteiger charge is -2.21. The maximum atomic E-state index is 12.3. The van der Waals surface area contributed by atoms with Crippen molar-refractivity contribution in [3.63, 3.8) is 0 Å². The van der Waals surface area contributed by atoms with Crippen molar-refractivity contribution < 1.29 is 19.4 Å². The summed E-state index contributed by atoms with van der Waals surface area (Å²) in [6.07, 6.45) is 0.599. The van der Waals surface area contributed by atoms with Gasteiger partial charge in [-0.15, -0.1) is 0 Å². The highest BCUT2D eigenvalue weighted by Crippen LogP contribution is 2.21. The van der Waals surface area contributed by atoms with Crippen LogP contribution in [0, 0.1) is 5.92 Å². The zero-order valence-electron chi connectivity index (χ0n) is 13.8. The number of amides is 2. The molecule has 126 valence electrons. The number of carbonyl (C=O) groups excluding carboxylic acids is 1. The number of carboxylic acid groups (broad SMARTS) is 1. The number of hydrogen-bond acceptors (Lipinski definition) is 3. The van der Waals surface area contributed by atoms with Crippen molar-refractivity contribution in [2.24, 2.45) is 5.92 Å². The molecular weight excluding hydrogens is 296 g/mol. The maximum absolute atomic E-state index is 12.3. The van der Waals surface area contributed by atoms with E-state index in [0.29, 0.717) is 13.0 Å². The van der Waals surface area contributed by atoms with Gasteiger partial charge in [-0.3, -0.25) is 4.79 Å². The van der Waals surface area contributed by atoms with Crippen LogP contribution in [0.3, 0.4) is 0 Å². The number of rotatable bonds is 5. The number of nitrogens with one attached hydrogen (secondary N) is 1. The number of aliphatic carboxylic acids is 1. The molecule has 2 amide bonds. The topological polar surface area (TPSA) is 78.9 Å². The molecule has 0 bridgehead atoms. The normalized spacial score (nSPS) is 18.8. The first kappa shape index (κ1) is 17.1. The molecule has 2 rings (SSSR count). The van der Waals surface area contributed by atoms with Crippen LogP contribution in [0.25, 0.3) is 0 Å². The van der Waals surface area contributed by atoms with Crippen LogP contribution in [0.5, 0.6) is 5.75 Å². The second-order valence-electron chi connectivity index (χ2n) is 6.18. The van der Waals surface area contributed by atoms with Gasteiger partial charge in [0.15, 0.2) is 0 Å². The SMILES string of the molecule is CC(C)Oc1cccc(C(C)NC(=O)N2CCC(C(=O)O)C2)c1. The summed E-state index contributed by atoms with van der Waals surface area (Å²) < 4.78 is 5.66. The Bertz CT molecular complexity index is 573. The zero-order chi connectivity index (χ0) is 17.0. The number of carbonyl (C=O) groups is 2. The van der Waals surface area contributed by atoms with Crippen molar-refractivity contribution in [2.45, 2.75) is 39.3 Å². The molecule has 6 heteroatoms. The predicted octanol–water partition coefficient (Wildman–Crippen LogP) is 2.65. The molecule has 0 saturated carbocycles. The van der Waals surface area contributed by atoms with Gasteiger partial charge in [0.05, 0.1) is 18.1 Å². The third-order valence-corrected chi connectivity index (χ3v) is 3.89. The molecule has 1 aliphatic rings. The lowest BCUT2D eigenvalue weighted by atomic mass is 10.1. The summed E-state index contributed by atoms with van der Waals surface area (Å²) in [5, 5.41) is 11.9. The van der Waals surface area contributed by atoms with Gasteiger partial charge in [0, 0.05) is 13.1 Å². The second-order valence-corrected chi connectivity index (χ2v) is 6.18. The van der Waals surface area contributed by atoms with Gasteiger partial charge in [0.25, 0.3) is 0 Å². The third-order valence-electron chi connectivity index (χ3n) is 3.89. The maximum Gasteiger partial charge on any atom is 0.317 e. The van der Waals surface area contributed by atoms with Crippen molar-refractivity contribution in [3.05, 3.63) is 29.8 Å². The van der Waals surface area contributed by atoms with E-state index in [9.17, 15) is 9.59 Å². The lowest BCUT2D eigenvalue weighted by Crippen LogP contribution is -2.40. The minimum absolute atomic E-state index is 0.0905. The Labute approximate surface area is 136 Å². The fraction of sp³-hybridized carbons (Fsp3) is 0.529. The molecule has 0 spiro atoms. The minimum atomic E-state index is -0.841. The summed E-state index contributed by atoms with van der Waals surface area (Å²) in [6.45, 7) is 6.57. The number of ether oxygens (including phenoxy) is 1. The Morgan fingerprint density at radius 1 is 1.35 bits per heavy atom. The van der Waals surface area contributed by atoms with E-state index in [1.165, 1.54) is 0 Å². The highest BCUT2D eigenvalue weighted by atomic mass is 16.5. The van der Waals surface area contributed by atoms with Crippen molar-refractivity contribution in [3.8, 4) is 5.75 Å². The predicted molar refractivity (Wildman–Crippen MR) is 86.5 cm³/mol. The zero-order valence-corrected chi connectivity index (χ0v) is 13.8.